The third-order valence-corrected chi connectivity index (χ3v) is 5.39. The van der Waals surface area contributed by atoms with Gasteiger partial charge in [0.1, 0.15) is 11.8 Å². The van der Waals surface area contributed by atoms with Gasteiger partial charge in [-0.1, -0.05) is 19.1 Å². The second-order valence-electron chi connectivity index (χ2n) is 8.33. The number of fused-ring (bicyclic) bond motifs is 1. The minimum atomic E-state index is 0.221. The molecule has 1 aliphatic rings. The van der Waals surface area contributed by atoms with E-state index in [1.54, 1.807) is 27.8 Å². The van der Waals surface area contributed by atoms with E-state index in [0.717, 1.165) is 35.3 Å². The van der Waals surface area contributed by atoms with Gasteiger partial charge >= 0.3 is 0 Å². The summed E-state index contributed by atoms with van der Waals surface area (Å²) in [7, 11) is 0. The molecule has 0 amide bonds. The van der Waals surface area contributed by atoms with Gasteiger partial charge in [0.25, 0.3) is 0 Å². The van der Waals surface area contributed by atoms with Crippen LogP contribution < -0.4 is 5.32 Å². The van der Waals surface area contributed by atoms with Crippen molar-refractivity contribution < 1.29 is 4.74 Å². The van der Waals surface area contributed by atoms with Crippen molar-refractivity contribution in [2.75, 3.05) is 18.5 Å². The summed E-state index contributed by atoms with van der Waals surface area (Å²) in [4.78, 5) is 9.02. The second kappa shape index (κ2) is 8.36. The number of nitriles is 1. The van der Waals surface area contributed by atoms with E-state index in [9.17, 15) is 0 Å². The number of nitrogens with one attached hydrogen (secondary N) is 1. The normalized spacial score (nSPS) is 13.9. The summed E-state index contributed by atoms with van der Waals surface area (Å²) < 4.78 is 8.75. The largest absolute Gasteiger partial charge is 0.377 e. The Bertz CT molecular complexity index is 1300. The van der Waals surface area contributed by atoms with Gasteiger partial charge in [0.15, 0.2) is 11.5 Å². The molecule has 1 N–H and O–H groups in total. The van der Waals surface area contributed by atoms with Crippen molar-refractivity contribution in [3.8, 4) is 17.6 Å². The van der Waals surface area contributed by atoms with E-state index in [2.05, 4.69) is 50.6 Å². The topological polar surface area (TPSA) is 119 Å². The number of aromatic nitrogens is 7. The quantitative estimate of drug-likeness (QED) is 0.476. The zero-order chi connectivity index (χ0) is 22.1. The number of aryl methyl sites for hydroxylation is 1. The summed E-state index contributed by atoms with van der Waals surface area (Å²) in [6, 6.07) is 6.01. The highest BCUT2D eigenvalue weighted by Crippen LogP contribution is 2.25. The van der Waals surface area contributed by atoms with Gasteiger partial charge in [0, 0.05) is 17.6 Å². The van der Waals surface area contributed by atoms with Gasteiger partial charge in [-0.25, -0.2) is 14.6 Å². The van der Waals surface area contributed by atoms with Crippen LogP contribution in [-0.4, -0.2) is 54.0 Å². The maximum atomic E-state index is 9.11. The van der Waals surface area contributed by atoms with Crippen molar-refractivity contribution in [2.24, 2.45) is 5.92 Å². The van der Waals surface area contributed by atoms with Crippen molar-refractivity contribution >= 4 is 16.7 Å². The molecule has 4 aromatic rings. The summed E-state index contributed by atoms with van der Waals surface area (Å²) in [5, 5.41) is 26.5. The molecule has 0 aromatic carbocycles. The minimum absolute atomic E-state index is 0.221. The van der Waals surface area contributed by atoms with Crippen molar-refractivity contribution in [3.05, 3.63) is 48.2 Å². The molecular formula is C22H23N9O. The van der Waals surface area contributed by atoms with Crippen molar-refractivity contribution in [3.63, 3.8) is 0 Å². The summed E-state index contributed by atoms with van der Waals surface area (Å²) in [5.41, 5.74) is 3.75. The van der Waals surface area contributed by atoms with E-state index in [1.807, 2.05) is 12.3 Å². The van der Waals surface area contributed by atoms with Crippen molar-refractivity contribution in [2.45, 2.75) is 32.7 Å². The molecule has 1 fully saturated rings. The maximum Gasteiger partial charge on any atom is 0.164 e. The van der Waals surface area contributed by atoms with E-state index in [1.165, 1.54) is 6.20 Å². The summed E-state index contributed by atoms with van der Waals surface area (Å²) in [5.74, 6) is 1.22. The molecule has 32 heavy (non-hydrogen) atoms. The van der Waals surface area contributed by atoms with Crippen molar-refractivity contribution in [1.82, 2.24) is 34.7 Å². The Balaban J connectivity index is 1.51. The first kappa shape index (κ1) is 20.1. The fourth-order valence-electron chi connectivity index (χ4n) is 3.51. The second-order valence-corrected chi connectivity index (χ2v) is 8.33. The first-order valence-electron chi connectivity index (χ1n) is 10.6. The number of hydrogen-bond acceptors (Lipinski definition) is 8. The van der Waals surface area contributed by atoms with Crippen LogP contribution >= 0.6 is 0 Å². The Kier molecular flexibility index (Phi) is 5.25. The number of pyridine rings is 2. The SMILES string of the molecule is CC(C)CCc1cn(-c2cnc(-n3ncc4cc(C#N)cnc43)cc2NC2COC2)nn1. The molecule has 0 atom stereocenters. The average molecular weight is 429 g/mol. The minimum Gasteiger partial charge on any atom is -0.377 e. The van der Waals surface area contributed by atoms with Crippen LogP contribution in [0.3, 0.4) is 0 Å². The molecular weight excluding hydrogens is 406 g/mol. The van der Waals surface area contributed by atoms with Gasteiger partial charge in [0.05, 0.1) is 54.8 Å². The first-order valence-corrected chi connectivity index (χ1v) is 10.6. The van der Waals surface area contributed by atoms with Crippen LogP contribution in [0.25, 0.3) is 22.5 Å². The maximum absolute atomic E-state index is 9.11. The molecule has 4 aromatic heterocycles. The molecule has 10 heteroatoms. The van der Waals surface area contributed by atoms with Crippen LogP contribution in [-0.2, 0) is 11.2 Å². The summed E-state index contributed by atoms with van der Waals surface area (Å²) in [6.07, 6.45) is 8.88. The standard InChI is InChI=1S/C22H23N9O/c1-14(2)3-4-17-11-30(29-28-17)20-10-24-21(6-19(20)27-18-12-32-13-18)31-22-16(9-26-31)5-15(7-23)8-25-22/h5-6,8-11,14,18H,3-4,12-13H2,1-2H3,(H,24,27). The molecule has 1 saturated heterocycles. The van der Waals surface area contributed by atoms with Gasteiger partial charge in [0.2, 0.25) is 0 Å². The third-order valence-electron chi connectivity index (χ3n) is 5.39. The Morgan fingerprint density at radius 3 is 2.84 bits per heavy atom. The summed E-state index contributed by atoms with van der Waals surface area (Å²) in [6.45, 7) is 5.70. The van der Waals surface area contributed by atoms with Gasteiger partial charge in [-0.3, -0.25) is 0 Å². The Hall–Kier alpha value is -3.84. The lowest BCUT2D eigenvalue weighted by Gasteiger charge is -2.28. The fourth-order valence-corrected chi connectivity index (χ4v) is 3.51. The number of ether oxygens (including phenoxy) is 1. The van der Waals surface area contributed by atoms with Crippen LogP contribution in [0.1, 0.15) is 31.5 Å². The lowest BCUT2D eigenvalue weighted by molar-refractivity contribution is 0.0211. The zero-order valence-electron chi connectivity index (χ0n) is 17.9. The van der Waals surface area contributed by atoms with Crippen LogP contribution in [0.15, 0.2) is 36.9 Å². The molecule has 10 nitrogen and oxygen atoms in total. The monoisotopic (exact) mass is 429 g/mol. The van der Waals surface area contributed by atoms with Crippen LogP contribution in [0.2, 0.25) is 0 Å². The Labute approximate surface area is 184 Å². The zero-order valence-corrected chi connectivity index (χ0v) is 17.9. The number of hydrogen-bond donors (Lipinski definition) is 1. The molecule has 0 aliphatic carbocycles. The predicted molar refractivity (Wildman–Crippen MR) is 118 cm³/mol. The van der Waals surface area contributed by atoms with Crippen molar-refractivity contribution in [1.29, 1.82) is 5.26 Å². The Morgan fingerprint density at radius 2 is 2.09 bits per heavy atom. The molecule has 1 aliphatic heterocycles. The Morgan fingerprint density at radius 1 is 1.22 bits per heavy atom. The van der Waals surface area contributed by atoms with Crippen LogP contribution in [0.4, 0.5) is 5.69 Å². The first-order chi connectivity index (χ1) is 15.6. The smallest absolute Gasteiger partial charge is 0.164 e. The molecule has 0 radical (unpaired) electrons. The summed E-state index contributed by atoms with van der Waals surface area (Å²) >= 11 is 0. The molecule has 0 bridgehead atoms. The molecule has 0 spiro atoms. The number of nitrogens with zero attached hydrogens (tertiary/aromatic N) is 8. The highest BCUT2D eigenvalue weighted by Gasteiger charge is 2.21. The fraction of sp³-hybridized carbons (Fsp3) is 0.364. The van der Waals surface area contributed by atoms with Crippen LogP contribution in [0.5, 0.6) is 0 Å². The van der Waals surface area contributed by atoms with E-state index in [0.29, 0.717) is 36.2 Å². The van der Waals surface area contributed by atoms with Gasteiger partial charge < -0.3 is 10.1 Å². The molecule has 5 heterocycles. The van der Waals surface area contributed by atoms with Crippen LogP contribution in [0, 0.1) is 17.2 Å². The predicted octanol–water partition coefficient (Wildman–Crippen LogP) is 2.67. The molecule has 0 saturated carbocycles. The van der Waals surface area contributed by atoms with Gasteiger partial charge in [-0.2, -0.15) is 15.0 Å². The third kappa shape index (κ3) is 3.90. The van der Waals surface area contributed by atoms with E-state index >= 15 is 0 Å². The van der Waals surface area contributed by atoms with E-state index in [4.69, 9.17) is 10.00 Å². The van der Waals surface area contributed by atoms with E-state index < -0.39 is 0 Å². The number of anilines is 1. The number of rotatable bonds is 7. The van der Waals surface area contributed by atoms with Gasteiger partial charge in [-0.15, -0.1) is 5.10 Å². The average Bonchev–Trinajstić information content (AvgIpc) is 3.41. The van der Waals surface area contributed by atoms with Gasteiger partial charge in [-0.05, 0) is 24.8 Å². The molecule has 0 unspecified atom stereocenters. The van der Waals surface area contributed by atoms with E-state index in [-0.39, 0.29) is 6.04 Å². The highest BCUT2D eigenvalue weighted by molar-refractivity contribution is 5.77. The lowest BCUT2D eigenvalue weighted by atomic mass is 10.1. The highest BCUT2D eigenvalue weighted by atomic mass is 16.5. The molecule has 162 valence electrons. The molecule has 5 rings (SSSR count). The lowest BCUT2D eigenvalue weighted by Crippen LogP contribution is -2.40.